The van der Waals surface area contributed by atoms with Crippen molar-refractivity contribution in [1.29, 1.82) is 0 Å². The van der Waals surface area contributed by atoms with Gasteiger partial charge in [0.1, 0.15) is 0 Å². The summed E-state index contributed by atoms with van der Waals surface area (Å²) in [6, 6.07) is 0. The summed E-state index contributed by atoms with van der Waals surface area (Å²) in [4.78, 5) is 0. The first-order chi connectivity index (χ1) is 9.52. The molecule has 2 heterocycles. The summed E-state index contributed by atoms with van der Waals surface area (Å²) in [5.41, 5.74) is 0.281. The van der Waals surface area contributed by atoms with Crippen molar-refractivity contribution in [1.82, 2.24) is 8.61 Å². The quantitative estimate of drug-likeness (QED) is 0.778. The van der Waals surface area contributed by atoms with Gasteiger partial charge in [0.05, 0.1) is 12.7 Å². The number of hydrogen-bond donors (Lipinski definition) is 0. The Kier molecular flexibility index (Phi) is 4.10. The van der Waals surface area contributed by atoms with E-state index in [1.54, 1.807) is 8.61 Å². The van der Waals surface area contributed by atoms with Gasteiger partial charge in [-0.1, -0.05) is 19.3 Å². The Balaban J connectivity index is 1.69. The standard InChI is InChI=1S/C14H26N2O3S/c1-13-11-15(9-10-19-13)20(17,18)16-8-7-14(12-16)5-3-2-4-6-14/h13H,2-12H2,1H3/t13-/m1/s1. The third-order valence-electron chi connectivity index (χ3n) is 5.17. The van der Waals surface area contributed by atoms with Crippen LogP contribution in [0.1, 0.15) is 45.4 Å². The minimum atomic E-state index is -3.28. The van der Waals surface area contributed by atoms with Gasteiger partial charge in [-0.15, -0.1) is 0 Å². The Bertz CT molecular complexity index is 445. The van der Waals surface area contributed by atoms with Crippen molar-refractivity contribution in [2.75, 3.05) is 32.8 Å². The smallest absolute Gasteiger partial charge is 0.282 e. The SMILES string of the molecule is C[C@@H]1CN(S(=O)(=O)N2CCC3(CCCCC3)C2)CCO1. The maximum Gasteiger partial charge on any atom is 0.282 e. The lowest BCUT2D eigenvalue weighted by Crippen LogP contribution is -2.50. The Labute approximate surface area is 122 Å². The van der Waals surface area contributed by atoms with Crippen LogP contribution < -0.4 is 0 Å². The summed E-state index contributed by atoms with van der Waals surface area (Å²) in [6.45, 7) is 4.88. The minimum absolute atomic E-state index is 0.00442. The molecule has 0 radical (unpaired) electrons. The summed E-state index contributed by atoms with van der Waals surface area (Å²) in [6.07, 6.45) is 7.31. The van der Waals surface area contributed by atoms with Crippen molar-refractivity contribution in [3.63, 3.8) is 0 Å². The zero-order valence-electron chi connectivity index (χ0n) is 12.4. The van der Waals surface area contributed by atoms with E-state index < -0.39 is 10.2 Å². The molecule has 20 heavy (non-hydrogen) atoms. The lowest BCUT2D eigenvalue weighted by molar-refractivity contribution is 0.00835. The first kappa shape index (κ1) is 14.8. The number of hydrogen-bond acceptors (Lipinski definition) is 3. The highest BCUT2D eigenvalue weighted by Crippen LogP contribution is 2.44. The molecule has 1 spiro atoms. The molecule has 3 fully saturated rings. The molecule has 0 N–H and O–H groups in total. The molecule has 3 rings (SSSR count). The van der Waals surface area contributed by atoms with Crippen LogP contribution in [0.25, 0.3) is 0 Å². The summed E-state index contributed by atoms with van der Waals surface area (Å²) in [7, 11) is -3.28. The molecule has 1 aliphatic carbocycles. The second-order valence-corrected chi connectivity index (χ2v) is 8.62. The molecule has 2 saturated heterocycles. The van der Waals surface area contributed by atoms with Crippen LogP contribution in [-0.4, -0.2) is 55.9 Å². The third-order valence-corrected chi connectivity index (χ3v) is 7.12. The lowest BCUT2D eigenvalue weighted by atomic mass is 9.74. The van der Waals surface area contributed by atoms with E-state index in [-0.39, 0.29) is 11.5 Å². The summed E-state index contributed by atoms with van der Waals surface area (Å²) < 4.78 is 34.3. The molecule has 0 aromatic heterocycles. The van der Waals surface area contributed by atoms with Gasteiger partial charge in [0.15, 0.2) is 0 Å². The predicted molar refractivity (Wildman–Crippen MR) is 77.6 cm³/mol. The van der Waals surface area contributed by atoms with Crippen LogP contribution in [0.3, 0.4) is 0 Å². The second-order valence-electron chi connectivity index (χ2n) is 6.69. The normalized spacial score (nSPS) is 32.8. The van der Waals surface area contributed by atoms with Crippen molar-refractivity contribution in [2.24, 2.45) is 5.41 Å². The summed E-state index contributed by atoms with van der Waals surface area (Å²) in [5.74, 6) is 0. The fraction of sp³-hybridized carbons (Fsp3) is 1.00. The van der Waals surface area contributed by atoms with Gasteiger partial charge in [0, 0.05) is 26.2 Å². The van der Waals surface area contributed by atoms with E-state index in [1.165, 1.54) is 32.1 Å². The van der Waals surface area contributed by atoms with E-state index >= 15 is 0 Å². The van der Waals surface area contributed by atoms with Crippen LogP contribution in [0, 0.1) is 5.41 Å². The van der Waals surface area contributed by atoms with Crippen LogP contribution in [-0.2, 0) is 14.9 Å². The van der Waals surface area contributed by atoms with E-state index in [0.717, 1.165) is 13.0 Å². The van der Waals surface area contributed by atoms with Gasteiger partial charge in [-0.2, -0.15) is 17.0 Å². The molecule has 3 aliphatic rings. The molecule has 0 aromatic carbocycles. The van der Waals surface area contributed by atoms with Crippen LogP contribution in [0.5, 0.6) is 0 Å². The maximum absolute atomic E-state index is 12.8. The van der Waals surface area contributed by atoms with E-state index in [0.29, 0.717) is 26.2 Å². The van der Waals surface area contributed by atoms with Gasteiger partial charge in [-0.05, 0) is 31.6 Å². The monoisotopic (exact) mass is 302 g/mol. The van der Waals surface area contributed by atoms with Gasteiger partial charge >= 0.3 is 0 Å². The van der Waals surface area contributed by atoms with Crippen molar-refractivity contribution < 1.29 is 13.2 Å². The highest BCUT2D eigenvalue weighted by atomic mass is 32.2. The zero-order valence-corrected chi connectivity index (χ0v) is 13.2. The highest BCUT2D eigenvalue weighted by Gasteiger charge is 2.45. The van der Waals surface area contributed by atoms with Crippen molar-refractivity contribution >= 4 is 10.2 Å². The van der Waals surface area contributed by atoms with E-state index in [2.05, 4.69) is 0 Å². The molecule has 0 amide bonds. The number of rotatable bonds is 2. The van der Waals surface area contributed by atoms with Gasteiger partial charge in [-0.25, -0.2) is 0 Å². The molecular formula is C14H26N2O3S. The third kappa shape index (κ3) is 2.75. The molecule has 5 nitrogen and oxygen atoms in total. The first-order valence-corrected chi connectivity index (χ1v) is 9.28. The van der Waals surface area contributed by atoms with E-state index in [1.807, 2.05) is 6.92 Å². The van der Waals surface area contributed by atoms with Gasteiger partial charge < -0.3 is 4.74 Å². The molecule has 1 atom stereocenters. The lowest BCUT2D eigenvalue weighted by Gasteiger charge is -2.35. The number of nitrogens with zero attached hydrogens (tertiary/aromatic N) is 2. The number of ether oxygens (including phenoxy) is 1. The van der Waals surface area contributed by atoms with Crippen LogP contribution in [0.4, 0.5) is 0 Å². The zero-order chi connectivity index (χ0) is 14.2. The Hall–Kier alpha value is -0.170. The topological polar surface area (TPSA) is 49.9 Å². The minimum Gasteiger partial charge on any atom is -0.376 e. The maximum atomic E-state index is 12.8. The fourth-order valence-electron chi connectivity index (χ4n) is 3.96. The molecule has 0 bridgehead atoms. The molecule has 0 aromatic rings. The van der Waals surface area contributed by atoms with Crippen LogP contribution in [0.2, 0.25) is 0 Å². The molecule has 1 saturated carbocycles. The molecule has 0 unspecified atom stereocenters. The van der Waals surface area contributed by atoms with Crippen molar-refractivity contribution in [3.8, 4) is 0 Å². The second kappa shape index (κ2) is 5.55. The molecule has 6 heteroatoms. The average molecular weight is 302 g/mol. The summed E-state index contributed by atoms with van der Waals surface area (Å²) in [5, 5.41) is 0. The molecule has 2 aliphatic heterocycles. The first-order valence-electron chi connectivity index (χ1n) is 7.89. The van der Waals surface area contributed by atoms with Crippen LogP contribution in [0.15, 0.2) is 0 Å². The average Bonchev–Trinajstić information content (AvgIpc) is 2.84. The van der Waals surface area contributed by atoms with Gasteiger partial charge in [-0.3, -0.25) is 0 Å². The largest absolute Gasteiger partial charge is 0.376 e. The fourth-order valence-corrected chi connectivity index (χ4v) is 5.75. The Morgan fingerprint density at radius 3 is 2.50 bits per heavy atom. The molecular weight excluding hydrogens is 276 g/mol. The van der Waals surface area contributed by atoms with Crippen molar-refractivity contribution in [2.45, 2.75) is 51.6 Å². The van der Waals surface area contributed by atoms with E-state index in [9.17, 15) is 8.42 Å². The predicted octanol–water partition coefficient (Wildman–Crippen LogP) is 1.61. The van der Waals surface area contributed by atoms with Crippen LogP contribution >= 0.6 is 0 Å². The Morgan fingerprint density at radius 2 is 1.80 bits per heavy atom. The summed E-state index contributed by atoms with van der Waals surface area (Å²) >= 11 is 0. The van der Waals surface area contributed by atoms with Gasteiger partial charge in [0.25, 0.3) is 10.2 Å². The number of morpholine rings is 1. The molecule has 116 valence electrons. The highest BCUT2D eigenvalue weighted by molar-refractivity contribution is 7.86. The van der Waals surface area contributed by atoms with E-state index in [4.69, 9.17) is 4.74 Å². The Morgan fingerprint density at radius 1 is 1.05 bits per heavy atom. The van der Waals surface area contributed by atoms with Gasteiger partial charge in [0.2, 0.25) is 0 Å². The van der Waals surface area contributed by atoms with Crippen molar-refractivity contribution in [3.05, 3.63) is 0 Å².